The minimum Gasteiger partial charge on any atom is -0.397 e. The van der Waals surface area contributed by atoms with Crippen LogP contribution in [-0.4, -0.2) is 61.5 Å². The Kier molecular flexibility index (Phi) is 8.86. The standard InChI is InChI=1S/C30H38N6O2/c1-4-35-19-7-8-26(35)21-36(30(38)32-24-15-17-25(18-16-24)34(2)3)20-22-11-13-23(14-12-22)29(37)33-28-10-6-5-9-27(28)31/h5-6,9-18,26H,4,7-8,19-21,31H2,1-3H3,(H,32,38)(H,33,37). The van der Waals surface area contributed by atoms with E-state index < -0.39 is 0 Å². The lowest BCUT2D eigenvalue weighted by atomic mass is 10.1. The van der Waals surface area contributed by atoms with Crippen LogP contribution in [0.2, 0.25) is 0 Å². The molecule has 0 bridgehead atoms. The van der Waals surface area contributed by atoms with Gasteiger partial charge in [0.25, 0.3) is 5.91 Å². The van der Waals surface area contributed by atoms with Crippen LogP contribution < -0.4 is 21.3 Å². The molecule has 38 heavy (non-hydrogen) atoms. The number of nitrogens with two attached hydrogens (primary N) is 1. The van der Waals surface area contributed by atoms with Gasteiger partial charge in [-0.3, -0.25) is 9.69 Å². The number of likely N-dealkylation sites (N-methyl/N-ethyl adjacent to an activating group) is 1. The number of rotatable bonds is 9. The molecule has 0 saturated carbocycles. The molecule has 200 valence electrons. The van der Waals surface area contributed by atoms with Crippen molar-refractivity contribution >= 4 is 34.7 Å². The molecule has 1 saturated heterocycles. The summed E-state index contributed by atoms with van der Waals surface area (Å²) in [6, 6.07) is 22.6. The van der Waals surface area contributed by atoms with Gasteiger partial charge in [-0.15, -0.1) is 0 Å². The average Bonchev–Trinajstić information content (AvgIpc) is 3.37. The number of nitrogen functional groups attached to an aromatic ring is 1. The zero-order valence-electron chi connectivity index (χ0n) is 22.5. The predicted molar refractivity (Wildman–Crippen MR) is 156 cm³/mol. The molecule has 3 aromatic carbocycles. The zero-order chi connectivity index (χ0) is 27.1. The smallest absolute Gasteiger partial charge is 0.322 e. The molecule has 1 aliphatic rings. The molecule has 3 aromatic rings. The van der Waals surface area contributed by atoms with Crippen molar-refractivity contribution < 1.29 is 9.59 Å². The molecule has 1 fully saturated rings. The molecule has 1 atom stereocenters. The summed E-state index contributed by atoms with van der Waals surface area (Å²) in [7, 11) is 3.98. The fraction of sp³-hybridized carbons (Fsp3) is 0.333. The summed E-state index contributed by atoms with van der Waals surface area (Å²) in [5.41, 5.74) is 10.4. The van der Waals surface area contributed by atoms with E-state index in [2.05, 4.69) is 22.5 Å². The molecular formula is C30H38N6O2. The topological polar surface area (TPSA) is 93.9 Å². The van der Waals surface area contributed by atoms with Gasteiger partial charge < -0.3 is 26.2 Å². The Morgan fingerprint density at radius 2 is 1.68 bits per heavy atom. The Morgan fingerprint density at radius 3 is 2.34 bits per heavy atom. The Hall–Kier alpha value is -4.04. The summed E-state index contributed by atoms with van der Waals surface area (Å²) in [6.45, 7) is 5.30. The predicted octanol–water partition coefficient (Wildman–Crippen LogP) is 5.11. The number of anilines is 4. The summed E-state index contributed by atoms with van der Waals surface area (Å²) in [6.07, 6.45) is 2.23. The third-order valence-electron chi connectivity index (χ3n) is 7.06. The summed E-state index contributed by atoms with van der Waals surface area (Å²) >= 11 is 0. The molecule has 4 rings (SSSR count). The minimum atomic E-state index is -0.227. The normalized spacial score (nSPS) is 15.2. The third-order valence-corrected chi connectivity index (χ3v) is 7.06. The van der Waals surface area contributed by atoms with Gasteiger partial charge in [0.2, 0.25) is 0 Å². The van der Waals surface area contributed by atoms with Crippen molar-refractivity contribution in [1.82, 2.24) is 9.80 Å². The number of benzene rings is 3. The van der Waals surface area contributed by atoms with Crippen LogP contribution in [0.3, 0.4) is 0 Å². The number of para-hydroxylation sites is 2. The van der Waals surface area contributed by atoms with Gasteiger partial charge in [0.15, 0.2) is 0 Å². The Labute approximate surface area is 225 Å². The lowest BCUT2D eigenvalue weighted by Gasteiger charge is -2.30. The van der Waals surface area contributed by atoms with Gasteiger partial charge in [-0.05, 0) is 80.0 Å². The summed E-state index contributed by atoms with van der Waals surface area (Å²) in [5.74, 6) is -0.227. The van der Waals surface area contributed by atoms with Crippen LogP contribution in [-0.2, 0) is 6.54 Å². The van der Waals surface area contributed by atoms with E-state index >= 15 is 0 Å². The number of hydrogen-bond acceptors (Lipinski definition) is 5. The van der Waals surface area contributed by atoms with E-state index in [-0.39, 0.29) is 11.9 Å². The molecule has 4 N–H and O–H groups in total. The van der Waals surface area contributed by atoms with Gasteiger partial charge in [0.1, 0.15) is 0 Å². The highest BCUT2D eigenvalue weighted by Gasteiger charge is 2.27. The second kappa shape index (κ2) is 12.5. The van der Waals surface area contributed by atoms with Crippen LogP contribution in [0.5, 0.6) is 0 Å². The number of amides is 3. The zero-order valence-corrected chi connectivity index (χ0v) is 22.5. The number of carbonyl (C=O) groups is 2. The molecule has 1 heterocycles. The maximum atomic E-state index is 13.4. The van der Waals surface area contributed by atoms with Crippen molar-refractivity contribution in [3.63, 3.8) is 0 Å². The lowest BCUT2D eigenvalue weighted by molar-refractivity contribution is 0.102. The minimum absolute atomic E-state index is 0.132. The van der Waals surface area contributed by atoms with Crippen LogP contribution in [0.4, 0.5) is 27.5 Å². The van der Waals surface area contributed by atoms with Gasteiger partial charge in [0.05, 0.1) is 11.4 Å². The lowest BCUT2D eigenvalue weighted by Crippen LogP contribution is -2.44. The summed E-state index contributed by atoms with van der Waals surface area (Å²) in [5, 5.41) is 5.93. The second-order valence-corrected chi connectivity index (χ2v) is 9.91. The highest BCUT2D eigenvalue weighted by atomic mass is 16.2. The van der Waals surface area contributed by atoms with Gasteiger partial charge in [-0.25, -0.2) is 4.79 Å². The first-order valence-corrected chi connectivity index (χ1v) is 13.2. The number of carbonyl (C=O) groups excluding carboxylic acids is 2. The van der Waals surface area contributed by atoms with Crippen LogP contribution in [0.15, 0.2) is 72.8 Å². The van der Waals surface area contributed by atoms with E-state index in [1.807, 2.05) is 72.4 Å². The van der Waals surface area contributed by atoms with Crippen molar-refractivity contribution in [3.8, 4) is 0 Å². The molecule has 0 spiro atoms. The molecule has 0 radical (unpaired) electrons. The number of nitrogens with zero attached hydrogens (tertiary/aromatic N) is 3. The molecule has 8 heteroatoms. The largest absolute Gasteiger partial charge is 0.397 e. The Balaban J connectivity index is 1.46. The second-order valence-electron chi connectivity index (χ2n) is 9.91. The summed E-state index contributed by atoms with van der Waals surface area (Å²) in [4.78, 5) is 32.5. The molecule has 1 unspecified atom stereocenters. The highest BCUT2D eigenvalue weighted by molar-refractivity contribution is 6.05. The van der Waals surface area contributed by atoms with E-state index in [1.165, 1.54) is 0 Å². The first-order chi connectivity index (χ1) is 18.3. The van der Waals surface area contributed by atoms with Crippen LogP contribution in [0.1, 0.15) is 35.7 Å². The Morgan fingerprint density at radius 1 is 0.974 bits per heavy atom. The third kappa shape index (κ3) is 6.83. The van der Waals surface area contributed by atoms with Gasteiger partial charge in [0, 0.05) is 50.2 Å². The van der Waals surface area contributed by atoms with Crippen molar-refractivity contribution in [2.75, 3.05) is 55.0 Å². The molecule has 3 amide bonds. The van der Waals surface area contributed by atoms with Crippen LogP contribution in [0, 0.1) is 0 Å². The average molecular weight is 515 g/mol. The van der Waals surface area contributed by atoms with E-state index in [1.54, 1.807) is 24.3 Å². The fourth-order valence-corrected chi connectivity index (χ4v) is 4.82. The monoisotopic (exact) mass is 514 g/mol. The SMILES string of the molecule is CCN1CCCC1CN(Cc1ccc(C(=O)Nc2ccccc2N)cc1)C(=O)Nc1ccc(N(C)C)cc1. The first-order valence-electron chi connectivity index (χ1n) is 13.2. The van der Waals surface area contributed by atoms with Gasteiger partial charge >= 0.3 is 6.03 Å². The van der Waals surface area contributed by atoms with Crippen LogP contribution in [0.25, 0.3) is 0 Å². The maximum absolute atomic E-state index is 13.4. The fourth-order valence-electron chi connectivity index (χ4n) is 4.82. The van der Waals surface area contributed by atoms with E-state index in [9.17, 15) is 9.59 Å². The first kappa shape index (κ1) is 27.0. The Bertz CT molecular complexity index is 1230. The molecule has 0 aliphatic carbocycles. The number of urea groups is 1. The van der Waals surface area contributed by atoms with Crippen molar-refractivity contribution in [2.24, 2.45) is 0 Å². The van der Waals surface area contributed by atoms with Crippen molar-refractivity contribution in [3.05, 3.63) is 83.9 Å². The van der Waals surface area contributed by atoms with E-state index in [4.69, 9.17) is 5.73 Å². The van der Waals surface area contributed by atoms with E-state index in [0.717, 1.165) is 42.9 Å². The quantitative estimate of drug-likeness (QED) is 0.345. The molecule has 0 aromatic heterocycles. The molecule has 1 aliphatic heterocycles. The van der Waals surface area contributed by atoms with Crippen molar-refractivity contribution in [2.45, 2.75) is 32.4 Å². The maximum Gasteiger partial charge on any atom is 0.322 e. The highest BCUT2D eigenvalue weighted by Crippen LogP contribution is 2.22. The molecule has 8 nitrogen and oxygen atoms in total. The molecular weight excluding hydrogens is 476 g/mol. The summed E-state index contributed by atoms with van der Waals surface area (Å²) < 4.78 is 0. The number of likely N-dealkylation sites (tertiary alicyclic amines) is 1. The number of nitrogens with one attached hydrogen (secondary N) is 2. The number of hydrogen-bond donors (Lipinski definition) is 3. The van der Waals surface area contributed by atoms with Gasteiger partial charge in [-0.1, -0.05) is 31.2 Å². The van der Waals surface area contributed by atoms with Crippen LogP contribution >= 0.6 is 0 Å². The van der Waals surface area contributed by atoms with Crippen molar-refractivity contribution in [1.29, 1.82) is 0 Å². The van der Waals surface area contributed by atoms with E-state index in [0.29, 0.717) is 36.1 Å². The van der Waals surface area contributed by atoms with Gasteiger partial charge in [-0.2, -0.15) is 0 Å².